The molecule has 18 heavy (non-hydrogen) atoms. The molecule has 0 unspecified atom stereocenters. The van der Waals surface area contributed by atoms with Crippen LogP contribution in [0.1, 0.15) is 25.8 Å². The Morgan fingerprint density at radius 2 is 1.83 bits per heavy atom. The molecular formula is C14H22N2OS. The topological polar surface area (TPSA) is 46.3 Å². The van der Waals surface area contributed by atoms with E-state index in [9.17, 15) is 4.79 Å². The Morgan fingerprint density at radius 1 is 1.28 bits per heavy atom. The maximum absolute atomic E-state index is 10.9. The molecule has 0 spiro atoms. The van der Waals surface area contributed by atoms with Gasteiger partial charge in [0.25, 0.3) is 0 Å². The van der Waals surface area contributed by atoms with Crippen molar-refractivity contribution in [1.82, 2.24) is 0 Å². The van der Waals surface area contributed by atoms with Crippen LogP contribution in [0.25, 0.3) is 0 Å². The minimum Gasteiger partial charge on any atom is -0.372 e. The molecule has 1 aromatic carbocycles. The summed E-state index contributed by atoms with van der Waals surface area (Å²) in [6.07, 6.45) is 1.46. The van der Waals surface area contributed by atoms with Crippen LogP contribution in [0.5, 0.6) is 0 Å². The van der Waals surface area contributed by atoms with Crippen LogP contribution in [-0.2, 0) is 11.2 Å². The Labute approximate surface area is 115 Å². The summed E-state index contributed by atoms with van der Waals surface area (Å²) in [5.74, 6) is 0. The van der Waals surface area contributed by atoms with Gasteiger partial charge < -0.3 is 10.6 Å². The van der Waals surface area contributed by atoms with Crippen LogP contribution in [0.3, 0.4) is 0 Å². The van der Waals surface area contributed by atoms with E-state index in [0.29, 0.717) is 6.42 Å². The Balaban J connectivity index is 2.57. The molecule has 0 saturated heterocycles. The zero-order chi connectivity index (χ0) is 13.5. The van der Waals surface area contributed by atoms with Crippen LogP contribution < -0.4 is 10.6 Å². The molecule has 4 heteroatoms. The lowest BCUT2D eigenvalue weighted by atomic mass is 10.1. The van der Waals surface area contributed by atoms with Crippen LogP contribution in [0.2, 0.25) is 0 Å². The standard InChI is InChI=1S/C14H22N2OS/c1-3-16(4-2)12-8-5-11(6-9-12)7-10-13(15)14(17)18/h5-6,8-9,13H,3-4,7,10,15H2,1-2H3,(H,17,18)/t13-/m1/s1. The Morgan fingerprint density at radius 3 is 2.28 bits per heavy atom. The molecule has 0 fully saturated rings. The first kappa shape index (κ1) is 15.1. The lowest BCUT2D eigenvalue weighted by Gasteiger charge is -2.21. The summed E-state index contributed by atoms with van der Waals surface area (Å²) in [7, 11) is 0. The number of carbonyl (C=O) groups is 1. The maximum Gasteiger partial charge on any atom is 0.202 e. The molecule has 1 rings (SSSR count). The lowest BCUT2D eigenvalue weighted by Crippen LogP contribution is -2.27. The predicted octanol–water partition coefficient (Wildman–Crippen LogP) is 2.25. The molecule has 0 saturated carbocycles. The van der Waals surface area contributed by atoms with Crippen molar-refractivity contribution in [2.45, 2.75) is 32.7 Å². The SMILES string of the molecule is CCN(CC)c1ccc(CC[C@@H](N)C(=O)S)cc1. The van der Waals surface area contributed by atoms with Gasteiger partial charge >= 0.3 is 0 Å². The predicted molar refractivity (Wildman–Crippen MR) is 80.3 cm³/mol. The van der Waals surface area contributed by atoms with E-state index in [1.807, 2.05) is 0 Å². The van der Waals surface area contributed by atoms with Gasteiger partial charge in [0.05, 0.1) is 6.04 Å². The number of aryl methyl sites for hydroxylation is 1. The fourth-order valence-corrected chi connectivity index (χ4v) is 2.04. The van der Waals surface area contributed by atoms with E-state index in [4.69, 9.17) is 5.73 Å². The number of anilines is 1. The highest BCUT2D eigenvalue weighted by atomic mass is 32.1. The molecule has 3 nitrogen and oxygen atoms in total. The van der Waals surface area contributed by atoms with E-state index in [0.717, 1.165) is 19.5 Å². The smallest absolute Gasteiger partial charge is 0.202 e. The van der Waals surface area contributed by atoms with E-state index in [-0.39, 0.29) is 5.12 Å². The summed E-state index contributed by atoms with van der Waals surface area (Å²) in [4.78, 5) is 13.2. The van der Waals surface area contributed by atoms with Gasteiger partial charge in [-0.1, -0.05) is 12.1 Å². The molecule has 2 N–H and O–H groups in total. The Bertz CT molecular complexity index is 374. The molecule has 0 heterocycles. The van der Waals surface area contributed by atoms with Gasteiger partial charge in [-0.05, 0) is 44.4 Å². The third kappa shape index (κ3) is 4.35. The molecule has 1 atom stereocenters. The molecule has 0 aliphatic rings. The minimum atomic E-state index is -0.462. The van der Waals surface area contributed by atoms with E-state index in [1.54, 1.807) is 0 Å². The summed E-state index contributed by atoms with van der Waals surface area (Å²) >= 11 is 3.74. The summed E-state index contributed by atoms with van der Waals surface area (Å²) in [5.41, 5.74) is 8.09. The highest BCUT2D eigenvalue weighted by molar-refractivity contribution is 7.96. The van der Waals surface area contributed by atoms with Gasteiger partial charge in [-0.25, -0.2) is 0 Å². The molecule has 0 radical (unpaired) electrons. The molecule has 0 aromatic heterocycles. The average molecular weight is 266 g/mol. The van der Waals surface area contributed by atoms with Crippen molar-refractivity contribution < 1.29 is 4.79 Å². The normalized spacial score (nSPS) is 12.2. The molecule has 0 amide bonds. The van der Waals surface area contributed by atoms with Gasteiger partial charge in [0.2, 0.25) is 5.12 Å². The van der Waals surface area contributed by atoms with Crippen molar-refractivity contribution >= 4 is 23.4 Å². The zero-order valence-corrected chi connectivity index (χ0v) is 12.0. The van der Waals surface area contributed by atoms with Crippen molar-refractivity contribution in [3.05, 3.63) is 29.8 Å². The number of nitrogens with zero attached hydrogens (tertiary/aromatic N) is 1. The van der Waals surface area contributed by atoms with Gasteiger partial charge in [-0.2, -0.15) is 0 Å². The third-order valence-electron chi connectivity index (χ3n) is 3.13. The van der Waals surface area contributed by atoms with E-state index in [2.05, 4.69) is 55.6 Å². The van der Waals surface area contributed by atoms with E-state index < -0.39 is 6.04 Å². The highest BCUT2D eigenvalue weighted by Crippen LogP contribution is 2.16. The molecule has 0 bridgehead atoms. The molecule has 1 aromatic rings. The lowest BCUT2D eigenvalue weighted by molar-refractivity contribution is -0.112. The van der Waals surface area contributed by atoms with Gasteiger partial charge in [0.15, 0.2) is 0 Å². The number of thiol groups is 1. The van der Waals surface area contributed by atoms with E-state index in [1.165, 1.54) is 11.3 Å². The molecule has 0 aliphatic carbocycles. The third-order valence-corrected chi connectivity index (χ3v) is 3.46. The van der Waals surface area contributed by atoms with Gasteiger partial charge in [0.1, 0.15) is 0 Å². The van der Waals surface area contributed by atoms with Crippen molar-refractivity contribution in [2.24, 2.45) is 5.73 Å². The second kappa shape index (κ2) is 7.44. The summed E-state index contributed by atoms with van der Waals surface area (Å²) < 4.78 is 0. The summed E-state index contributed by atoms with van der Waals surface area (Å²) in [6.45, 7) is 6.31. The number of benzene rings is 1. The first-order valence-corrected chi connectivity index (χ1v) is 6.85. The number of hydrogen-bond acceptors (Lipinski definition) is 3. The van der Waals surface area contributed by atoms with Crippen molar-refractivity contribution in [2.75, 3.05) is 18.0 Å². The number of nitrogens with two attached hydrogens (primary N) is 1. The fourth-order valence-electron chi connectivity index (χ4n) is 1.91. The summed E-state index contributed by atoms with van der Waals surface area (Å²) in [6, 6.07) is 7.98. The van der Waals surface area contributed by atoms with Gasteiger partial charge in [-0.3, -0.25) is 4.79 Å². The quantitative estimate of drug-likeness (QED) is 0.744. The van der Waals surface area contributed by atoms with Crippen molar-refractivity contribution in [1.29, 1.82) is 0 Å². The van der Waals surface area contributed by atoms with Crippen molar-refractivity contribution in [3.63, 3.8) is 0 Å². The fraction of sp³-hybridized carbons (Fsp3) is 0.500. The number of rotatable bonds is 7. The molecule has 100 valence electrons. The van der Waals surface area contributed by atoms with E-state index >= 15 is 0 Å². The highest BCUT2D eigenvalue weighted by Gasteiger charge is 2.09. The molecule has 0 aliphatic heterocycles. The second-order valence-corrected chi connectivity index (χ2v) is 4.76. The van der Waals surface area contributed by atoms with Crippen LogP contribution in [-0.4, -0.2) is 24.2 Å². The summed E-state index contributed by atoms with van der Waals surface area (Å²) in [5, 5.41) is -0.241. The largest absolute Gasteiger partial charge is 0.372 e. The zero-order valence-electron chi connectivity index (χ0n) is 11.1. The Hall–Kier alpha value is -1.00. The second-order valence-electron chi connectivity index (χ2n) is 4.32. The minimum absolute atomic E-state index is 0.241. The Kier molecular flexibility index (Phi) is 6.22. The van der Waals surface area contributed by atoms with Crippen molar-refractivity contribution in [3.8, 4) is 0 Å². The number of hydrogen-bond donors (Lipinski definition) is 2. The first-order valence-electron chi connectivity index (χ1n) is 6.40. The van der Waals surface area contributed by atoms with Gasteiger partial charge in [0, 0.05) is 18.8 Å². The van der Waals surface area contributed by atoms with Crippen LogP contribution in [0.15, 0.2) is 24.3 Å². The number of carbonyl (C=O) groups excluding carboxylic acids is 1. The monoisotopic (exact) mass is 266 g/mol. The first-order chi connectivity index (χ1) is 8.58. The van der Waals surface area contributed by atoms with Crippen LogP contribution in [0.4, 0.5) is 5.69 Å². The maximum atomic E-state index is 10.9. The van der Waals surface area contributed by atoms with Crippen LogP contribution >= 0.6 is 12.6 Å². The van der Waals surface area contributed by atoms with Gasteiger partial charge in [-0.15, -0.1) is 12.6 Å². The van der Waals surface area contributed by atoms with Crippen LogP contribution in [0, 0.1) is 0 Å². The average Bonchev–Trinajstić information content (AvgIpc) is 2.38. The molecular weight excluding hydrogens is 244 g/mol.